The Morgan fingerprint density at radius 3 is 2.88 bits per heavy atom. The number of hydrogen-bond acceptors (Lipinski definition) is 5. The largest absolute Gasteiger partial charge is 0.357 e. The topological polar surface area (TPSA) is 98.7 Å². The van der Waals surface area contributed by atoms with Crippen molar-refractivity contribution in [2.75, 3.05) is 32.7 Å². The molecule has 3 amide bonds. The maximum absolute atomic E-state index is 11.5. The van der Waals surface area contributed by atoms with Gasteiger partial charge in [0, 0.05) is 43.7 Å². The van der Waals surface area contributed by atoms with Crippen LogP contribution in [0.3, 0.4) is 0 Å². The second-order valence-electron chi connectivity index (χ2n) is 5.22. The maximum atomic E-state index is 11.5. The van der Waals surface area contributed by atoms with E-state index in [1.54, 1.807) is 11.3 Å². The third-order valence-corrected chi connectivity index (χ3v) is 4.66. The summed E-state index contributed by atoms with van der Waals surface area (Å²) in [5.74, 6) is 0.482. The van der Waals surface area contributed by atoms with Crippen LogP contribution >= 0.6 is 11.3 Å². The Bertz CT molecular complexity index is 585. The molecule has 1 aromatic heterocycles. The second-order valence-corrected chi connectivity index (χ2v) is 6.42. The molecule has 24 heavy (non-hydrogen) atoms. The van der Waals surface area contributed by atoms with Crippen LogP contribution in [0.2, 0.25) is 0 Å². The lowest BCUT2D eigenvalue weighted by molar-refractivity contribution is -0.124. The molecule has 0 radical (unpaired) electrons. The van der Waals surface area contributed by atoms with E-state index >= 15 is 0 Å². The zero-order valence-electron chi connectivity index (χ0n) is 14.1. The summed E-state index contributed by atoms with van der Waals surface area (Å²) in [4.78, 5) is 34.3. The molecule has 1 aliphatic heterocycles. The summed E-state index contributed by atoms with van der Waals surface area (Å²) >= 11 is 1.72. The predicted octanol–water partition coefficient (Wildman–Crippen LogP) is 0.355. The Morgan fingerprint density at radius 2 is 2.25 bits per heavy atom. The smallest absolute Gasteiger partial charge is 0.324 e. The summed E-state index contributed by atoms with van der Waals surface area (Å²) in [7, 11) is 0. The number of guanidine groups is 1. The number of hydrogen-bond donors (Lipinski definition) is 3. The van der Waals surface area contributed by atoms with Crippen LogP contribution in [0.1, 0.15) is 23.7 Å². The molecule has 132 valence electrons. The van der Waals surface area contributed by atoms with Crippen molar-refractivity contribution in [1.82, 2.24) is 25.8 Å². The first-order chi connectivity index (χ1) is 11.6. The maximum Gasteiger partial charge on any atom is 0.324 e. The fourth-order valence-electron chi connectivity index (χ4n) is 2.20. The summed E-state index contributed by atoms with van der Waals surface area (Å²) < 4.78 is 0. The van der Waals surface area contributed by atoms with E-state index in [4.69, 9.17) is 0 Å². The summed E-state index contributed by atoms with van der Waals surface area (Å²) in [6.07, 6.45) is 3.73. The summed E-state index contributed by atoms with van der Waals surface area (Å²) in [6.45, 7) is 6.35. The number of carbonyl (C=O) groups excluding carboxylic acids is 2. The van der Waals surface area contributed by atoms with Crippen molar-refractivity contribution in [3.63, 3.8) is 0 Å². The number of urea groups is 1. The molecule has 1 fully saturated rings. The number of aromatic nitrogens is 1. The van der Waals surface area contributed by atoms with E-state index in [-0.39, 0.29) is 18.5 Å². The average Bonchev–Trinajstić information content (AvgIpc) is 3.16. The van der Waals surface area contributed by atoms with Crippen LogP contribution in [0.25, 0.3) is 0 Å². The van der Waals surface area contributed by atoms with Crippen LogP contribution < -0.4 is 16.0 Å². The molecule has 0 aliphatic carbocycles. The van der Waals surface area contributed by atoms with Crippen molar-refractivity contribution in [2.45, 2.75) is 26.7 Å². The molecular weight excluding hydrogens is 328 g/mol. The third kappa shape index (κ3) is 5.19. The lowest BCUT2D eigenvalue weighted by atomic mass is 10.4. The molecule has 9 heteroatoms. The zero-order valence-corrected chi connectivity index (χ0v) is 14.9. The molecule has 2 rings (SSSR count). The molecule has 0 unspecified atom stereocenters. The molecule has 0 spiro atoms. The van der Waals surface area contributed by atoms with Crippen molar-refractivity contribution < 1.29 is 9.59 Å². The van der Waals surface area contributed by atoms with E-state index in [0.717, 1.165) is 24.4 Å². The van der Waals surface area contributed by atoms with Crippen molar-refractivity contribution in [3.05, 3.63) is 16.1 Å². The standard InChI is InChI=1S/C15H24N6O2S/c1-3-11-9-19-12(24-11)5-6-17-14(16-4-2)18-7-8-21-13(22)10-20-15(21)23/h9H,3-8,10H2,1-2H3,(H,20,23)(H2,16,17,18). The average molecular weight is 352 g/mol. The number of nitrogens with zero attached hydrogens (tertiary/aromatic N) is 3. The molecule has 8 nitrogen and oxygen atoms in total. The van der Waals surface area contributed by atoms with Crippen molar-refractivity contribution in [2.24, 2.45) is 4.99 Å². The van der Waals surface area contributed by atoms with Crippen LogP contribution in [-0.4, -0.2) is 60.5 Å². The van der Waals surface area contributed by atoms with Gasteiger partial charge >= 0.3 is 6.03 Å². The van der Waals surface area contributed by atoms with Gasteiger partial charge in [0.15, 0.2) is 5.96 Å². The number of aliphatic imine (C=N–C) groups is 1. The van der Waals surface area contributed by atoms with Crippen LogP contribution in [0.5, 0.6) is 0 Å². The second kappa shape index (κ2) is 9.21. The van der Waals surface area contributed by atoms with Gasteiger partial charge in [-0.1, -0.05) is 6.92 Å². The van der Waals surface area contributed by atoms with Crippen molar-refractivity contribution in [3.8, 4) is 0 Å². The van der Waals surface area contributed by atoms with Crippen molar-refractivity contribution >= 4 is 29.2 Å². The number of carbonyl (C=O) groups is 2. The van der Waals surface area contributed by atoms with E-state index < -0.39 is 0 Å². The molecule has 1 aromatic rings. The van der Waals surface area contributed by atoms with Gasteiger partial charge in [-0.25, -0.2) is 9.78 Å². The van der Waals surface area contributed by atoms with E-state index in [9.17, 15) is 9.59 Å². The molecule has 0 bridgehead atoms. The predicted molar refractivity (Wildman–Crippen MR) is 94.3 cm³/mol. The molecule has 1 saturated heterocycles. The number of thiazole rings is 1. The summed E-state index contributed by atoms with van der Waals surface area (Å²) in [5, 5.41) is 9.88. The quantitative estimate of drug-likeness (QED) is 0.356. The minimum absolute atomic E-state index is 0.0839. The van der Waals surface area contributed by atoms with Gasteiger partial charge in [0.2, 0.25) is 5.91 Å². The highest BCUT2D eigenvalue weighted by molar-refractivity contribution is 7.11. The Kier molecular flexibility index (Phi) is 6.98. The number of rotatable bonds is 8. The van der Waals surface area contributed by atoms with Crippen LogP contribution in [0.4, 0.5) is 4.79 Å². The molecular formula is C15H24N6O2S. The zero-order chi connectivity index (χ0) is 17.4. The van der Waals surface area contributed by atoms with E-state index in [1.165, 1.54) is 9.78 Å². The lowest BCUT2D eigenvalue weighted by Crippen LogP contribution is -2.43. The SMILES string of the molecule is CCNC(=NCCc1ncc(CC)s1)NCCN1C(=O)CNC1=O. The van der Waals surface area contributed by atoms with E-state index in [1.807, 2.05) is 13.1 Å². The molecule has 2 heterocycles. The molecule has 0 aromatic carbocycles. The lowest BCUT2D eigenvalue weighted by Gasteiger charge is -2.15. The van der Waals surface area contributed by atoms with Gasteiger partial charge in [0.1, 0.15) is 0 Å². The van der Waals surface area contributed by atoms with Gasteiger partial charge in [-0.2, -0.15) is 0 Å². The highest BCUT2D eigenvalue weighted by Gasteiger charge is 2.27. The third-order valence-electron chi connectivity index (χ3n) is 3.45. The van der Waals surface area contributed by atoms with Gasteiger partial charge in [0.25, 0.3) is 0 Å². The Balaban J connectivity index is 1.77. The first-order valence-corrected chi connectivity index (χ1v) is 8.99. The number of amides is 3. The Hall–Kier alpha value is -2.16. The van der Waals surface area contributed by atoms with Gasteiger partial charge in [-0.15, -0.1) is 11.3 Å². The van der Waals surface area contributed by atoms with Crippen molar-refractivity contribution in [1.29, 1.82) is 0 Å². The molecule has 0 saturated carbocycles. The molecule has 0 atom stereocenters. The van der Waals surface area contributed by atoms with Gasteiger partial charge in [0.05, 0.1) is 11.6 Å². The minimum atomic E-state index is -0.334. The fourth-order valence-corrected chi connectivity index (χ4v) is 3.05. The monoisotopic (exact) mass is 352 g/mol. The highest BCUT2D eigenvalue weighted by Crippen LogP contribution is 2.13. The molecule has 1 aliphatic rings. The van der Waals surface area contributed by atoms with Crippen LogP contribution in [-0.2, 0) is 17.6 Å². The summed E-state index contributed by atoms with van der Waals surface area (Å²) in [5.41, 5.74) is 0. The number of nitrogens with one attached hydrogen (secondary N) is 3. The minimum Gasteiger partial charge on any atom is -0.357 e. The fraction of sp³-hybridized carbons (Fsp3) is 0.600. The van der Waals surface area contributed by atoms with Gasteiger partial charge in [-0.05, 0) is 13.3 Å². The highest BCUT2D eigenvalue weighted by atomic mass is 32.1. The van der Waals surface area contributed by atoms with Gasteiger partial charge < -0.3 is 16.0 Å². The molecule has 3 N–H and O–H groups in total. The Morgan fingerprint density at radius 1 is 1.42 bits per heavy atom. The first kappa shape index (κ1) is 18.2. The van der Waals surface area contributed by atoms with Gasteiger partial charge in [-0.3, -0.25) is 14.7 Å². The number of imide groups is 1. The number of aryl methyl sites for hydroxylation is 1. The normalized spacial score (nSPS) is 14.9. The van der Waals surface area contributed by atoms with E-state index in [0.29, 0.717) is 25.6 Å². The summed E-state index contributed by atoms with van der Waals surface area (Å²) in [6, 6.07) is -0.334. The van der Waals surface area contributed by atoms with Crippen LogP contribution in [0, 0.1) is 0 Å². The van der Waals surface area contributed by atoms with E-state index in [2.05, 4.69) is 32.9 Å². The first-order valence-electron chi connectivity index (χ1n) is 8.18. The Labute approximate surface area is 145 Å². The van der Waals surface area contributed by atoms with Crippen LogP contribution in [0.15, 0.2) is 11.2 Å².